The third-order valence-corrected chi connectivity index (χ3v) is 7.08. The van der Waals surface area contributed by atoms with Gasteiger partial charge in [-0.25, -0.2) is 0 Å². The van der Waals surface area contributed by atoms with Crippen molar-refractivity contribution in [2.45, 2.75) is 6.42 Å². The van der Waals surface area contributed by atoms with Crippen LogP contribution in [0.1, 0.15) is 6.42 Å². The molecule has 5 nitrogen and oxygen atoms in total. The number of rotatable bonds is 7. The molecule has 1 aromatic carbocycles. The molecule has 1 aliphatic carbocycles. The molecule has 0 bridgehead atoms. The molecule has 0 radical (unpaired) electrons. The topological polar surface area (TPSA) is 50.2 Å². The summed E-state index contributed by atoms with van der Waals surface area (Å²) in [5.74, 6) is 1.03. The molecule has 6 heteroatoms. The van der Waals surface area contributed by atoms with Gasteiger partial charge in [0.15, 0.2) is 0 Å². The Balaban J connectivity index is 1.15. The van der Waals surface area contributed by atoms with E-state index in [0.717, 1.165) is 57.4 Å². The highest BCUT2D eigenvalue weighted by atomic mass is 35.5. The lowest BCUT2D eigenvalue weighted by Crippen LogP contribution is -2.47. The van der Waals surface area contributed by atoms with E-state index < -0.39 is 0 Å². The number of aliphatic hydroxyl groups excluding tert-OH is 2. The average Bonchev–Trinajstić information content (AvgIpc) is 3.03. The van der Waals surface area contributed by atoms with Crippen LogP contribution in [0.4, 0.5) is 5.69 Å². The van der Waals surface area contributed by atoms with Crippen LogP contribution >= 0.6 is 11.6 Å². The van der Waals surface area contributed by atoms with Crippen molar-refractivity contribution in [2.75, 3.05) is 70.5 Å². The van der Waals surface area contributed by atoms with Gasteiger partial charge in [0.25, 0.3) is 0 Å². The lowest BCUT2D eigenvalue weighted by Gasteiger charge is -2.36. The van der Waals surface area contributed by atoms with Gasteiger partial charge in [-0.2, -0.15) is 0 Å². The van der Waals surface area contributed by atoms with E-state index in [0.29, 0.717) is 11.8 Å². The summed E-state index contributed by atoms with van der Waals surface area (Å²) in [5, 5.41) is 19.8. The van der Waals surface area contributed by atoms with E-state index in [1.165, 1.54) is 12.1 Å². The zero-order valence-corrected chi connectivity index (χ0v) is 16.1. The largest absolute Gasteiger partial charge is 0.396 e. The number of likely N-dealkylation sites (tertiary alicyclic amines) is 1. The summed E-state index contributed by atoms with van der Waals surface area (Å²) in [5.41, 5.74) is 1.07. The van der Waals surface area contributed by atoms with Gasteiger partial charge in [0, 0.05) is 55.4 Å². The molecular weight excluding hydrogens is 350 g/mol. The smallest absolute Gasteiger partial charge is 0.0515 e. The molecule has 3 fully saturated rings. The summed E-state index contributed by atoms with van der Waals surface area (Å²) < 4.78 is 0. The van der Waals surface area contributed by atoms with Crippen molar-refractivity contribution in [3.8, 4) is 0 Å². The zero-order chi connectivity index (χ0) is 18.1. The normalized spacial score (nSPS) is 28.3. The molecule has 2 N–H and O–H groups in total. The van der Waals surface area contributed by atoms with Gasteiger partial charge < -0.3 is 20.0 Å². The second kappa shape index (κ2) is 7.64. The minimum atomic E-state index is -0.160. The van der Waals surface area contributed by atoms with Crippen LogP contribution in [-0.2, 0) is 0 Å². The lowest BCUT2D eigenvalue weighted by molar-refractivity contribution is 0.0871. The van der Waals surface area contributed by atoms with Crippen molar-refractivity contribution in [3.63, 3.8) is 0 Å². The molecule has 2 saturated heterocycles. The summed E-state index contributed by atoms with van der Waals surface area (Å²) in [6, 6.07) is 8.13. The number of aliphatic hydroxyl groups is 2. The molecule has 2 unspecified atom stereocenters. The number of hydrogen-bond donors (Lipinski definition) is 2. The number of nitrogens with zero attached hydrogens (tertiary/aromatic N) is 3. The molecular formula is C20H30ClN3O2. The van der Waals surface area contributed by atoms with Crippen molar-refractivity contribution in [1.29, 1.82) is 0 Å². The van der Waals surface area contributed by atoms with Gasteiger partial charge in [0.05, 0.1) is 13.2 Å². The van der Waals surface area contributed by atoms with Crippen LogP contribution in [0, 0.1) is 17.3 Å². The lowest BCUT2D eigenvalue weighted by atomic mass is 10.0. The molecule has 26 heavy (non-hydrogen) atoms. The number of benzene rings is 1. The van der Waals surface area contributed by atoms with E-state index >= 15 is 0 Å². The number of hydrogen-bond acceptors (Lipinski definition) is 5. The number of piperidine rings is 1. The van der Waals surface area contributed by atoms with Gasteiger partial charge >= 0.3 is 0 Å². The first-order valence-corrected chi connectivity index (χ1v) is 10.2. The van der Waals surface area contributed by atoms with Gasteiger partial charge in [-0.15, -0.1) is 0 Å². The molecule has 0 amide bonds. The van der Waals surface area contributed by atoms with Crippen LogP contribution in [0.3, 0.4) is 0 Å². The molecule has 2 aliphatic heterocycles. The molecule has 3 aliphatic rings. The van der Waals surface area contributed by atoms with E-state index in [4.69, 9.17) is 11.6 Å². The van der Waals surface area contributed by atoms with E-state index in [2.05, 4.69) is 26.8 Å². The van der Waals surface area contributed by atoms with Crippen LogP contribution in [0.15, 0.2) is 24.3 Å². The molecule has 1 aromatic rings. The van der Waals surface area contributed by atoms with Crippen molar-refractivity contribution >= 4 is 17.3 Å². The molecule has 4 rings (SSSR count). The van der Waals surface area contributed by atoms with Crippen LogP contribution in [0.5, 0.6) is 0 Å². The summed E-state index contributed by atoms with van der Waals surface area (Å²) in [7, 11) is 0. The summed E-state index contributed by atoms with van der Waals surface area (Å²) in [6.07, 6.45) is 1.20. The van der Waals surface area contributed by atoms with Crippen molar-refractivity contribution in [1.82, 2.24) is 9.80 Å². The summed E-state index contributed by atoms with van der Waals surface area (Å²) in [6.45, 7) is 9.00. The fraction of sp³-hybridized carbons (Fsp3) is 0.700. The van der Waals surface area contributed by atoms with E-state index in [-0.39, 0.29) is 18.6 Å². The van der Waals surface area contributed by atoms with Crippen LogP contribution in [-0.4, -0.2) is 85.6 Å². The van der Waals surface area contributed by atoms with Crippen LogP contribution in [0.25, 0.3) is 0 Å². The highest BCUT2D eigenvalue weighted by Crippen LogP contribution is 2.61. The second-order valence-electron chi connectivity index (χ2n) is 8.18. The Morgan fingerprint density at radius 3 is 2.23 bits per heavy atom. The zero-order valence-electron chi connectivity index (χ0n) is 15.4. The molecule has 0 aromatic heterocycles. The second-order valence-corrected chi connectivity index (χ2v) is 8.62. The molecule has 2 heterocycles. The maximum absolute atomic E-state index is 9.52. The number of piperazine rings is 1. The SMILES string of the molecule is OCC1(CO)C2CN(CCCN3CCN(c4cccc(Cl)c4)CC3)CC21. The van der Waals surface area contributed by atoms with Crippen molar-refractivity contribution in [3.05, 3.63) is 29.3 Å². The van der Waals surface area contributed by atoms with Gasteiger partial charge in [0.2, 0.25) is 0 Å². The number of fused-ring (bicyclic) bond motifs is 1. The molecule has 0 spiro atoms. The van der Waals surface area contributed by atoms with E-state index in [1.54, 1.807) is 0 Å². The summed E-state index contributed by atoms with van der Waals surface area (Å²) >= 11 is 6.10. The van der Waals surface area contributed by atoms with Crippen LogP contribution < -0.4 is 4.90 Å². The Bertz CT molecular complexity index is 603. The van der Waals surface area contributed by atoms with E-state index in [9.17, 15) is 10.2 Å². The predicted octanol–water partition coefficient (Wildman–Crippen LogP) is 1.38. The van der Waals surface area contributed by atoms with Gasteiger partial charge in [-0.05, 0) is 49.5 Å². The molecule has 144 valence electrons. The monoisotopic (exact) mass is 379 g/mol. The highest BCUT2D eigenvalue weighted by Gasteiger charge is 2.67. The Labute approximate surface area is 161 Å². The van der Waals surface area contributed by atoms with Gasteiger partial charge in [-0.1, -0.05) is 17.7 Å². The predicted molar refractivity (Wildman–Crippen MR) is 105 cm³/mol. The maximum Gasteiger partial charge on any atom is 0.0515 e. The van der Waals surface area contributed by atoms with E-state index in [1.807, 2.05) is 12.1 Å². The average molecular weight is 380 g/mol. The number of anilines is 1. The fourth-order valence-corrected chi connectivity index (χ4v) is 5.23. The highest BCUT2D eigenvalue weighted by molar-refractivity contribution is 6.30. The Morgan fingerprint density at radius 2 is 1.62 bits per heavy atom. The first kappa shape index (κ1) is 18.5. The molecule has 1 saturated carbocycles. The molecule has 2 atom stereocenters. The Kier molecular flexibility index (Phi) is 5.44. The maximum atomic E-state index is 9.52. The Hall–Kier alpha value is -0.850. The summed E-state index contributed by atoms with van der Waals surface area (Å²) in [4.78, 5) is 7.49. The fourth-order valence-electron chi connectivity index (χ4n) is 5.04. The standard InChI is InChI=1S/C20H30ClN3O2/c21-16-3-1-4-17(11-16)24-9-7-22(8-10-24)5-2-6-23-12-18-19(13-23)20(18,14-25)15-26/h1,3-4,11,18-19,25-26H,2,5-10,12-15H2. The van der Waals surface area contributed by atoms with Crippen LogP contribution in [0.2, 0.25) is 5.02 Å². The Morgan fingerprint density at radius 1 is 0.962 bits per heavy atom. The third-order valence-electron chi connectivity index (χ3n) is 6.85. The van der Waals surface area contributed by atoms with Crippen molar-refractivity contribution < 1.29 is 10.2 Å². The van der Waals surface area contributed by atoms with Gasteiger partial charge in [-0.3, -0.25) is 4.90 Å². The third kappa shape index (κ3) is 3.48. The quantitative estimate of drug-likeness (QED) is 0.749. The van der Waals surface area contributed by atoms with Crippen molar-refractivity contribution in [2.24, 2.45) is 17.3 Å². The minimum Gasteiger partial charge on any atom is -0.396 e. The minimum absolute atomic E-state index is 0.142. The first-order valence-electron chi connectivity index (χ1n) is 9.83. The first-order chi connectivity index (χ1) is 12.7. The van der Waals surface area contributed by atoms with Gasteiger partial charge in [0.1, 0.15) is 0 Å². The number of halogens is 1.